The van der Waals surface area contributed by atoms with Crippen LogP contribution in [0.15, 0.2) is 47.6 Å². The first-order valence-electron chi connectivity index (χ1n) is 4.38. The molecule has 0 fully saturated rings. The third kappa shape index (κ3) is 4.21. The molecule has 0 saturated carbocycles. The molecule has 0 aromatic heterocycles. The van der Waals surface area contributed by atoms with E-state index in [1.54, 1.807) is 0 Å². The molecule has 0 aliphatic rings. The molecule has 2 nitrogen and oxygen atoms in total. The standard InChI is InChI=1S/C11H13ClN2/c1-10(14-9-12)7-13-8-11-5-3-2-4-6-11/h2-6,9,13H,1,7-8H2. The Balaban J connectivity index is 2.25. The molecule has 1 aromatic carbocycles. The van der Waals surface area contributed by atoms with E-state index in [2.05, 4.69) is 29.0 Å². The first-order valence-corrected chi connectivity index (χ1v) is 4.81. The molecule has 0 saturated heterocycles. The number of nitrogens with one attached hydrogen (secondary N) is 1. The molecule has 0 amide bonds. The summed E-state index contributed by atoms with van der Waals surface area (Å²) < 4.78 is 0. The van der Waals surface area contributed by atoms with Gasteiger partial charge in [0.1, 0.15) is 0 Å². The number of hydrogen-bond acceptors (Lipinski definition) is 2. The Bertz CT molecular complexity index is 306. The minimum atomic E-state index is 0.651. The summed E-state index contributed by atoms with van der Waals surface area (Å²) >= 11 is 5.31. The number of rotatable bonds is 5. The first-order chi connectivity index (χ1) is 6.83. The highest BCUT2D eigenvalue weighted by molar-refractivity contribution is 6.56. The number of nitrogens with zero attached hydrogens (tertiary/aromatic N) is 1. The topological polar surface area (TPSA) is 24.4 Å². The number of aliphatic imine (C=N–C) groups is 1. The molecule has 0 aliphatic carbocycles. The van der Waals surface area contributed by atoms with Crippen LogP contribution in [0.2, 0.25) is 0 Å². The second-order valence-electron chi connectivity index (χ2n) is 2.88. The quantitative estimate of drug-likeness (QED) is 0.739. The summed E-state index contributed by atoms with van der Waals surface area (Å²) in [5, 5.41) is 3.21. The van der Waals surface area contributed by atoms with Gasteiger partial charge in [0.15, 0.2) is 0 Å². The van der Waals surface area contributed by atoms with E-state index in [9.17, 15) is 0 Å². The minimum absolute atomic E-state index is 0.651. The van der Waals surface area contributed by atoms with E-state index in [0.717, 1.165) is 12.2 Å². The highest BCUT2D eigenvalue weighted by Gasteiger charge is 1.91. The predicted molar refractivity (Wildman–Crippen MR) is 61.6 cm³/mol. The van der Waals surface area contributed by atoms with Gasteiger partial charge in [-0.3, -0.25) is 0 Å². The Labute approximate surface area is 89.3 Å². The van der Waals surface area contributed by atoms with Crippen molar-refractivity contribution >= 4 is 17.3 Å². The lowest BCUT2D eigenvalue weighted by Gasteiger charge is -2.03. The summed E-state index contributed by atoms with van der Waals surface area (Å²) in [6.07, 6.45) is 0. The maximum atomic E-state index is 5.31. The summed E-state index contributed by atoms with van der Waals surface area (Å²) in [7, 11) is 0. The fraction of sp³-hybridized carbons (Fsp3) is 0.182. The molecule has 0 radical (unpaired) electrons. The van der Waals surface area contributed by atoms with Gasteiger partial charge in [0.05, 0.1) is 5.67 Å². The Kier molecular flexibility index (Phi) is 4.97. The van der Waals surface area contributed by atoms with Crippen molar-refractivity contribution in [3.8, 4) is 0 Å². The van der Waals surface area contributed by atoms with Crippen LogP contribution in [0.5, 0.6) is 0 Å². The van der Waals surface area contributed by atoms with Gasteiger partial charge in [0, 0.05) is 18.8 Å². The van der Waals surface area contributed by atoms with E-state index < -0.39 is 0 Å². The van der Waals surface area contributed by atoms with Crippen LogP contribution in [0.4, 0.5) is 0 Å². The lowest BCUT2D eigenvalue weighted by atomic mass is 10.2. The van der Waals surface area contributed by atoms with Crippen LogP contribution < -0.4 is 5.32 Å². The second-order valence-corrected chi connectivity index (χ2v) is 3.08. The molecule has 0 heterocycles. The molecule has 14 heavy (non-hydrogen) atoms. The molecule has 74 valence electrons. The summed E-state index contributed by atoms with van der Waals surface area (Å²) in [4.78, 5) is 3.84. The minimum Gasteiger partial charge on any atom is -0.307 e. The van der Waals surface area contributed by atoms with Crippen molar-refractivity contribution in [1.29, 1.82) is 0 Å². The molecular weight excluding hydrogens is 196 g/mol. The lowest BCUT2D eigenvalue weighted by molar-refractivity contribution is 0.738. The van der Waals surface area contributed by atoms with E-state index in [1.165, 1.54) is 11.2 Å². The highest BCUT2D eigenvalue weighted by Crippen LogP contribution is 1.98. The van der Waals surface area contributed by atoms with Crippen LogP contribution in [0.1, 0.15) is 5.56 Å². The Morgan fingerprint density at radius 2 is 2.14 bits per heavy atom. The number of halogens is 1. The second kappa shape index (κ2) is 6.35. The molecule has 0 spiro atoms. The van der Waals surface area contributed by atoms with Gasteiger partial charge in [-0.1, -0.05) is 48.5 Å². The van der Waals surface area contributed by atoms with Crippen LogP contribution in [0.25, 0.3) is 0 Å². The fourth-order valence-electron chi connectivity index (χ4n) is 1.06. The van der Waals surface area contributed by atoms with Gasteiger partial charge in [-0.15, -0.1) is 0 Å². The molecule has 1 N–H and O–H groups in total. The van der Waals surface area contributed by atoms with Crippen molar-refractivity contribution < 1.29 is 0 Å². The van der Waals surface area contributed by atoms with Crippen molar-refractivity contribution in [3.63, 3.8) is 0 Å². The normalized spacial score (nSPS) is 10.6. The van der Waals surface area contributed by atoms with Crippen molar-refractivity contribution in [2.24, 2.45) is 4.99 Å². The SMILES string of the molecule is C=C(CNCc1ccccc1)N=CCl. The van der Waals surface area contributed by atoms with Crippen molar-refractivity contribution in [2.45, 2.75) is 6.54 Å². The van der Waals surface area contributed by atoms with Gasteiger partial charge in [-0.2, -0.15) is 0 Å². The summed E-state index contributed by atoms with van der Waals surface area (Å²) in [6.45, 7) is 5.20. The van der Waals surface area contributed by atoms with Crippen molar-refractivity contribution in [3.05, 3.63) is 48.2 Å². The third-order valence-electron chi connectivity index (χ3n) is 1.73. The fourth-order valence-corrected chi connectivity index (χ4v) is 1.20. The molecule has 0 atom stereocenters. The summed E-state index contributed by atoms with van der Waals surface area (Å²) in [5.74, 6) is 0. The maximum Gasteiger partial charge on any atom is 0.0930 e. The Hall–Kier alpha value is -1.12. The molecule has 3 heteroatoms. The zero-order valence-corrected chi connectivity index (χ0v) is 8.67. The molecule has 1 aromatic rings. The van der Waals surface area contributed by atoms with E-state index in [4.69, 9.17) is 11.6 Å². The van der Waals surface area contributed by atoms with Crippen LogP contribution in [0.3, 0.4) is 0 Å². The number of benzene rings is 1. The van der Waals surface area contributed by atoms with Crippen molar-refractivity contribution in [2.75, 3.05) is 6.54 Å². The maximum absolute atomic E-state index is 5.31. The van der Waals surface area contributed by atoms with Gasteiger partial charge in [0.2, 0.25) is 0 Å². The summed E-state index contributed by atoms with van der Waals surface area (Å²) in [5.41, 5.74) is 3.21. The van der Waals surface area contributed by atoms with Crippen LogP contribution in [0, 0.1) is 0 Å². The third-order valence-corrected chi connectivity index (χ3v) is 1.83. The van der Waals surface area contributed by atoms with Gasteiger partial charge in [-0.25, -0.2) is 4.99 Å². The van der Waals surface area contributed by atoms with Gasteiger partial charge in [-0.05, 0) is 5.56 Å². The largest absolute Gasteiger partial charge is 0.307 e. The molecule has 0 unspecified atom stereocenters. The Morgan fingerprint density at radius 1 is 1.43 bits per heavy atom. The average Bonchev–Trinajstić information content (AvgIpc) is 2.20. The van der Waals surface area contributed by atoms with Gasteiger partial charge >= 0.3 is 0 Å². The van der Waals surface area contributed by atoms with Gasteiger partial charge in [0.25, 0.3) is 0 Å². The monoisotopic (exact) mass is 208 g/mol. The van der Waals surface area contributed by atoms with Crippen LogP contribution >= 0.6 is 11.6 Å². The van der Waals surface area contributed by atoms with Crippen LogP contribution in [-0.4, -0.2) is 12.2 Å². The smallest absolute Gasteiger partial charge is 0.0930 e. The van der Waals surface area contributed by atoms with Crippen LogP contribution in [-0.2, 0) is 6.54 Å². The summed E-state index contributed by atoms with van der Waals surface area (Å²) in [6, 6.07) is 10.2. The van der Waals surface area contributed by atoms with Crippen molar-refractivity contribution in [1.82, 2.24) is 5.32 Å². The molecule has 0 aliphatic heterocycles. The van der Waals surface area contributed by atoms with E-state index >= 15 is 0 Å². The molecular formula is C11H13ClN2. The highest BCUT2D eigenvalue weighted by atomic mass is 35.5. The zero-order valence-electron chi connectivity index (χ0n) is 7.91. The predicted octanol–water partition coefficient (Wildman–Crippen LogP) is 2.56. The number of hydrogen-bond donors (Lipinski definition) is 1. The van der Waals surface area contributed by atoms with E-state index in [1.807, 2.05) is 18.2 Å². The van der Waals surface area contributed by atoms with Gasteiger partial charge < -0.3 is 5.32 Å². The molecule has 0 bridgehead atoms. The molecule has 1 rings (SSSR count). The Morgan fingerprint density at radius 3 is 2.79 bits per heavy atom. The lowest BCUT2D eigenvalue weighted by Crippen LogP contribution is -2.15. The zero-order chi connectivity index (χ0) is 10.2. The van der Waals surface area contributed by atoms with E-state index in [-0.39, 0.29) is 0 Å². The first kappa shape index (κ1) is 11.0. The average molecular weight is 209 g/mol. The van der Waals surface area contributed by atoms with E-state index in [0.29, 0.717) is 6.54 Å².